The van der Waals surface area contributed by atoms with E-state index in [-0.39, 0.29) is 24.1 Å². The van der Waals surface area contributed by atoms with Gasteiger partial charge >= 0.3 is 0 Å². The molecule has 0 atom stereocenters. The van der Waals surface area contributed by atoms with E-state index >= 15 is 0 Å². The summed E-state index contributed by atoms with van der Waals surface area (Å²) in [5, 5.41) is 10.8. The number of rotatable bonds is 6. The van der Waals surface area contributed by atoms with Crippen LogP contribution in [0, 0.1) is 17.0 Å². The van der Waals surface area contributed by atoms with Crippen molar-refractivity contribution in [2.75, 3.05) is 49.1 Å². The summed E-state index contributed by atoms with van der Waals surface area (Å²) in [6.45, 7) is 5.04. The van der Waals surface area contributed by atoms with E-state index in [0.717, 1.165) is 16.9 Å². The van der Waals surface area contributed by atoms with Gasteiger partial charge in [-0.25, -0.2) is 0 Å². The second-order valence-electron chi connectivity index (χ2n) is 8.05. The number of benzene rings is 2. The van der Waals surface area contributed by atoms with Crippen molar-refractivity contribution < 1.29 is 19.2 Å². The molecule has 2 aliphatic rings. The Balaban J connectivity index is 1.27. The fourth-order valence-corrected chi connectivity index (χ4v) is 4.10. The molecule has 0 aromatic heterocycles. The van der Waals surface area contributed by atoms with E-state index in [1.165, 1.54) is 12.1 Å². The lowest BCUT2D eigenvalue weighted by Crippen LogP contribution is -2.49. The van der Waals surface area contributed by atoms with Gasteiger partial charge in [0.1, 0.15) is 5.75 Å². The number of carbonyl (C=O) groups is 2. The third kappa shape index (κ3) is 4.66. The predicted molar refractivity (Wildman–Crippen MR) is 120 cm³/mol. The smallest absolute Gasteiger partial charge is 0.269 e. The summed E-state index contributed by atoms with van der Waals surface area (Å²) in [5.74, 6) is 0.690. The number of carbonyl (C=O) groups excluding carboxylic acids is 2. The van der Waals surface area contributed by atoms with Crippen molar-refractivity contribution in [3.63, 3.8) is 0 Å². The molecule has 9 heteroatoms. The Kier molecular flexibility index (Phi) is 6.25. The summed E-state index contributed by atoms with van der Waals surface area (Å²) in [7, 11) is 0. The molecule has 0 spiro atoms. The van der Waals surface area contributed by atoms with Crippen molar-refractivity contribution in [3.8, 4) is 5.75 Å². The Morgan fingerprint density at radius 3 is 2.50 bits per heavy atom. The zero-order valence-corrected chi connectivity index (χ0v) is 18.0. The number of amides is 2. The van der Waals surface area contributed by atoms with Crippen LogP contribution in [0.4, 0.5) is 17.1 Å². The minimum absolute atomic E-state index is 0.0224. The number of nitro benzene ring substituents is 1. The first-order valence-electron chi connectivity index (χ1n) is 10.7. The molecule has 2 aliphatic heterocycles. The first-order valence-corrected chi connectivity index (χ1v) is 10.7. The Labute approximate surface area is 186 Å². The molecule has 0 unspecified atom stereocenters. The van der Waals surface area contributed by atoms with E-state index in [1.807, 2.05) is 30.0 Å². The minimum Gasteiger partial charge on any atom is -0.482 e. The van der Waals surface area contributed by atoms with Gasteiger partial charge in [-0.3, -0.25) is 19.7 Å². The van der Waals surface area contributed by atoms with Gasteiger partial charge in [0.2, 0.25) is 5.91 Å². The van der Waals surface area contributed by atoms with Gasteiger partial charge in [0.05, 0.1) is 10.6 Å². The molecule has 0 saturated carbocycles. The lowest BCUT2D eigenvalue weighted by molar-refractivity contribution is -0.384. The van der Waals surface area contributed by atoms with E-state index < -0.39 is 4.92 Å². The van der Waals surface area contributed by atoms with Crippen molar-refractivity contribution >= 4 is 28.9 Å². The van der Waals surface area contributed by atoms with Crippen LogP contribution in [0.1, 0.15) is 18.4 Å². The molecule has 0 bridgehead atoms. The number of hydrogen-bond donors (Lipinski definition) is 0. The molecule has 1 fully saturated rings. The number of nitrogens with zero attached hydrogens (tertiary/aromatic N) is 4. The maximum atomic E-state index is 12.7. The molecule has 32 heavy (non-hydrogen) atoms. The highest BCUT2D eigenvalue weighted by molar-refractivity contribution is 5.98. The van der Waals surface area contributed by atoms with Crippen molar-refractivity contribution in [2.24, 2.45) is 0 Å². The van der Waals surface area contributed by atoms with E-state index in [2.05, 4.69) is 4.90 Å². The van der Waals surface area contributed by atoms with E-state index in [0.29, 0.717) is 51.3 Å². The van der Waals surface area contributed by atoms with Crippen LogP contribution in [-0.4, -0.2) is 61.0 Å². The summed E-state index contributed by atoms with van der Waals surface area (Å²) in [6.07, 6.45) is 0.962. The molecule has 1 saturated heterocycles. The van der Waals surface area contributed by atoms with Gasteiger partial charge < -0.3 is 19.4 Å². The number of piperazine rings is 1. The number of fused-ring (bicyclic) bond motifs is 1. The van der Waals surface area contributed by atoms with Gasteiger partial charge in [-0.05, 0) is 43.2 Å². The van der Waals surface area contributed by atoms with Crippen LogP contribution in [0.15, 0.2) is 42.5 Å². The molecule has 2 amide bonds. The number of anilines is 2. The van der Waals surface area contributed by atoms with E-state index in [9.17, 15) is 19.7 Å². The fraction of sp³-hybridized carbons (Fsp3) is 0.391. The predicted octanol–water partition coefficient (Wildman–Crippen LogP) is 2.76. The molecular formula is C23H26N4O5. The van der Waals surface area contributed by atoms with Crippen LogP contribution >= 0.6 is 0 Å². The Morgan fingerprint density at radius 1 is 1.09 bits per heavy atom. The zero-order chi connectivity index (χ0) is 22.7. The lowest BCUT2D eigenvalue weighted by atomic mass is 10.1. The van der Waals surface area contributed by atoms with Crippen LogP contribution in [-0.2, 0) is 9.59 Å². The van der Waals surface area contributed by atoms with Crippen LogP contribution in [0.2, 0.25) is 0 Å². The molecule has 168 valence electrons. The van der Waals surface area contributed by atoms with Crippen LogP contribution < -0.4 is 14.5 Å². The van der Waals surface area contributed by atoms with Gasteiger partial charge in [0.15, 0.2) is 6.61 Å². The zero-order valence-electron chi connectivity index (χ0n) is 18.0. The number of ether oxygens (including phenoxy) is 1. The average Bonchev–Trinajstić information content (AvgIpc) is 2.80. The highest BCUT2D eigenvalue weighted by Gasteiger charge is 2.26. The summed E-state index contributed by atoms with van der Waals surface area (Å²) >= 11 is 0. The summed E-state index contributed by atoms with van der Waals surface area (Å²) in [6, 6.07) is 12.2. The van der Waals surface area contributed by atoms with Crippen molar-refractivity contribution in [1.82, 2.24) is 4.90 Å². The molecule has 9 nitrogen and oxygen atoms in total. The largest absolute Gasteiger partial charge is 0.482 e. The van der Waals surface area contributed by atoms with Crippen LogP contribution in [0.5, 0.6) is 5.75 Å². The molecule has 2 aromatic rings. The quantitative estimate of drug-likeness (QED) is 0.508. The average molecular weight is 438 g/mol. The third-order valence-corrected chi connectivity index (χ3v) is 5.89. The van der Waals surface area contributed by atoms with Gasteiger partial charge in [0.25, 0.3) is 11.6 Å². The molecule has 0 radical (unpaired) electrons. The second-order valence-corrected chi connectivity index (χ2v) is 8.05. The van der Waals surface area contributed by atoms with Crippen LogP contribution in [0.25, 0.3) is 0 Å². The number of aryl methyl sites for hydroxylation is 1. The van der Waals surface area contributed by atoms with E-state index in [4.69, 9.17) is 4.74 Å². The Morgan fingerprint density at radius 2 is 1.81 bits per heavy atom. The highest BCUT2D eigenvalue weighted by atomic mass is 16.6. The van der Waals surface area contributed by atoms with Gasteiger partial charge in [0, 0.05) is 57.0 Å². The summed E-state index contributed by atoms with van der Waals surface area (Å²) < 4.78 is 5.50. The summed E-state index contributed by atoms with van der Waals surface area (Å²) in [4.78, 5) is 41.1. The van der Waals surface area contributed by atoms with Crippen molar-refractivity contribution in [1.29, 1.82) is 0 Å². The van der Waals surface area contributed by atoms with Crippen molar-refractivity contribution in [3.05, 3.63) is 58.1 Å². The first-order chi connectivity index (χ1) is 15.4. The Bertz CT molecular complexity index is 1020. The normalized spacial score (nSPS) is 15.9. The fourth-order valence-electron chi connectivity index (χ4n) is 4.10. The topological polar surface area (TPSA) is 96.2 Å². The van der Waals surface area contributed by atoms with Crippen molar-refractivity contribution in [2.45, 2.75) is 19.8 Å². The second kappa shape index (κ2) is 9.25. The van der Waals surface area contributed by atoms with Gasteiger partial charge in [-0.15, -0.1) is 0 Å². The Hall–Kier alpha value is -3.62. The minimum atomic E-state index is -0.412. The van der Waals surface area contributed by atoms with Gasteiger partial charge in [-0.2, -0.15) is 0 Å². The maximum Gasteiger partial charge on any atom is 0.269 e. The monoisotopic (exact) mass is 438 g/mol. The summed E-state index contributed by atoms with van der Waals surface area (Å²) in [5.41, 5.74) is 2.81. The number of non-ortho nitro benzene ring substituents is 1. The third-order valence-electron chi connectivity index (χ3n) is 5.89. The lowest BCUT2D eigenvalue weighted by Gasteiger charge is -2.36. The molecule has 2 aromatic carbocycles. The molecular weight excluding hydrogens is 412 g/mol. The number of hydrogen-bond acceptors (Lipinski definition) is 6. The van der Waals surface area contributed by atoms with E-state index in [1.54, 1.807) is 17.0 Å². The van der Waals surface area contributed by atoms with Crippen LogP contribution in [0.3, 0.4) is 0 Å². The molecule has 0 aliphatic carbocycles. The molecule has 0 N–H and O–H groups in total. The molecule has 4 rings (SSSR count). The maximum absolute atomic E-state index is 12.7. The highest BCUT2D eigenvalue weighted by Crippen LogP contribution is 2.33. The standard InChI is InChI=1S/C23H26N4O5/c1-17-4-9-21-20(15-17)26(23(29)16-32-21)10-2-3-22(28)25-13-11-24(12-14-25)18-5-7-19(8-6-18)27(30)31/h4-9,15H,2-3,10-14,16H2,1H3. The number of nitro groups is 1. The molecule has 2 heterocycles. The SMILES string of the molecule is Cc1ccc2c(c1)N(CCCC(=O)N1CCN(c3ccc([N+](=O)[O-])cc3)CC1)C(=O)CO2. The van der Waals surface area contributed by atoms with Gasteiger partial charge in [-0.1, -0.05) is 6.07 Å². The first kappa shape index (κ1) is 21.6.